The van der Waals surface area contributed by atoms with E-state index in [4.69, 9.17) is 0 Å². The summed E-state index contributed by atoms with van der Waals surface area (Å²) in [5, 5.41) is 0. The first kappa shape index (κ1) is 46.0. The van der Waals surface area contributed by atoms with Gasteiger partial charge in [-0.2, -0.15) is 0 Å². The summed E-state index contributed by atoms with van der Waals surface area (Å²) in [6.07, 6.45) is 2.30. The van der Waals surface area contributed by atoms with Crippen LogP contribution in [0.5, 0.6) is 0 Å². The standard InChI is InChI=1S/C69H70BN3/c1-64(2,3)44-28-32-56(50(37-44)43-21-15-14-16-22-43)71-59-34-30-46(66(7,8)9)39-55(59)70-54-31-27-47-40-60(54)72(57-33-29-45(65(4,5)6)38-51(57)49-23-17-18-24-52(49)67(47,10)11)62-42-48(41-61(71)63(62)70)73-58-26-20-19-25-53(58)68(12)35-36-69(68,73)13/h14-34,37-42H,35-36H2,1-13H3. The van der Waals surface area contributed by atoms with Crippen LogP contribution in [0.2, 0.25) is 0 Å². The highest BCUT2D eigenvalue weighted by atomic mass is 15.3. The van der Waals surface area contributed by atoms with Crippen molar-refractivity contribution in [3.8, 4) is 22.3 Å². The van der Waals surface area contributed by atoms with Crippen LogP contribution in [0.1, 0.15) is 136 Å². The van der Waals surface area contributed by atoms with Crippen LogP contribution in [0.25, 0.3) is 22.3 Å². The van der Waals surface area contributed by atoms with E-state index in [9.17, 15) is 0 Å². The summed E-state index contributed by atoms with van der Waals surface area (Å²) in [7, 11) is 0. The quantitative estimate of drug-likeness (QED) is 0.163. The highest BCUT2D eigenvalue weighted by Crippen LogP contribution is 2.66. The Bertz CT molecular complexity index is 3620. The second-order valence-corrected chi connectivity index (χ2v) is 26.3. The van der Waals surface area contributed by atoms with Crippen molar-refractivity contribution in [3.05, 3.63) is 197 Å². The van der Waals surface area contributed by atoms with E-state index in [1.807, 2.05) is 0 Å². The van der Waals surface area contributed by atoms with Gasteiger partial charge < -0.3 is 14.7 Å². The Morgan fingerprint density at radius 3 is 1.59 bits per heavy atom. The van der Waals surface area contributed by atoms with Gasteiger partial charge in [0.15, 0.2) is 0 Å². The van der Waals surface area contributed by atoms with Gasteiger partial charge in [-0.25, -0.2) is 0 Å². The number of rotatable bonds is 3. The average Bonchev–Trinajstić information content (AvgIpc) is 3.51. The molecule has 8 aromatic rings. The summed E-state index contributed by atoms with van der Waals surface area (Å²) >= 11 is 0. The van der Waals surface area contributed by atoms with E-state index in [1.54, 1.807) is 0 Å². The summed E-state index contributed by atoms with van der Waals surface area (Å²) in [6, 6.07) is 64.6. The third-order valence-electron chi connectivity index (χ3n) is 18.6. The summed E-state index contributed by atoms with van der Waals surface area (Å²) in [4.78, 5) is 8.15. The molecule has 73 heavy (non-hydrogen) atoms. The van der Waals surface area contributed by atoms with Crippen molar-refractivity contribution in [2.24, 2.45) is 0 Å². The maximum absolute atomic E-state index is 2.76. The van der Waals surface area contributed by atoms with E-state index in [-0.39, 0.29) is 39.3 Å². The Hall–Kier alpha value is -6.78. The van der Waals surface area contributed by atoms with E-state index in [1.165, 1.54) is 124 Å². The average molecular weight is 952 g/mol. The minimum atomic E-state index is -0.278. The SMILES string of the molecule is CC(C)(C)c1ccc2c(c1)B1c3ccc4cc3N(c3ccc(C(C)(C)C)cc3-c3ccccc3C4(C)C)c3cc(N4c5ccccc5C5(C)CCC45C)cc(c31)N2c1ccc(C(C)(C)C)cc1-c1ccccc1. The predicted octanol–water partition coefficient (Wildman–Crippen LogP) is 16.6. The Kier molecular flexibility index (Phi) is 9.56. The van der Waals surface area contributed by atoms with Crippen molar-refractivity contribution >= 4 is 68.6 Å². The van der Waals surface area contributed by atoms with Crippen LogP contribution < -0.4 is 31.1 Å². The lowest BCUT2D eigenvalue weighted by Crippen LogP contribution is -2.62. The molecular formula is C69H70BN3. The molecule has 364 valence electrons. The molecular weight excluding hydrogens is 882 g/mol. The van der Waals surface area contributed by atoms with E-state index >= 15 is 0 Å². The van der Waals surface area contributed by atoms with Crippen molar-refractivity contribution in [3.63, 3.8) is 0 Å². The molecule has 4 heterocycles. The largest absolute Gasteiger partial charge is 0.334 e. The van der Waals surface area contributed by atoms with Crippen molar-refractivity contribution in [1.29, 1.82) is 0 Å². The second kappa shape index (κ2) is 15.2. The van der Waals surface area contributed by atoms with Gasteiger partial charge >= 0.3 is 0 Å². The van der Waals surface area contributed by atoms with E-state index in [0.717, 1.165) is 6.42 Å². The normalized spacial score (nSPS) is 19.8. The molecule has 2 atom stereocenters. The fourth-order valence-corrected chi connectivity index (χ4v) is 13.8. The summed E-state index contributed by atoms with van der Waals surface area (Å²) in [5.74, 6) is 0. The lowest BCUT2D eigenvalue weighted by molar-refractivity contribution is 0.133. The fourth-order valence-electron chi connectivity index (χ4n) is 13.8. The predicted molar refractivity (Wildman–Crippen MR) is 313 cm³/mol. The minimum absolute atomic E-state index is 0.0270. The van der Waals surface area contributed by atoms with Crippen LogP contribution in [0.4, 0.5) is 45.5 Å². The molecule has 1 fully saturated rings. The Morgan fingerprint density at radius 2 is 0.959 bits per heavy atom. The highest BCUT2D eigenvalue weighted by Gasteiger charge is 2.63. The molecule has 0 aromatic heterocycles. The molecule has 0 amide bonds. The third kappa shape index (κ3) is 6.44. The number of hydrogen-bond acceptors (Lipinski definition) is 3. The van der Waals surface area contributed by atoms with Crippen molar-refractivity contribution in [2.75, 3.05) is 14.7 Å². The van der Waals surface area contributed by atoms with Gasteiger partial charge in [-0.1, -0.05) is 192 Å². The fraction of sp³-hybridized carbons (Fsp3) is 0.304. The smallest absolute Gasteiger partial charge is 0.252 e. The lowest BCUT2D eigenvalue weighted by Gasteiger charge is -2.56. The molecule has 3 nitrogen and oxygen atoms in total. The van der Waals surface area contributed by atoms with Gasteiger partial charge in [0, 0.05) is 56.1 Å². The number of nitrogens with zero attached hydrogens (tertiary/aromatic N) is 3. The molecule has 0 saturated heterocycles. The molecule has 4 heteroatoms. The van der Waals surface area contributed by atoms with Gasteiger partial charge in [-0.3, -0.25) is 0 Å². The van der Waals surface area contributed by atoms with Crippen LogP contribution in [0.15, 0.2) is 164 Å². The number of benzene rings is 8. The molecule has 2 unspecified atom stereocenters. The lowest BCUT2D eigenvalue weighted by atomic mass is 9.33. The van der Waals surface area contributed by atoms with Gasteiger partial charge in [0.05, 0.1) is 16.9 Å². The molecule has 5 aliphatic rings. The Balaban J connectivity index is 1.20. The molecule has 1 aliphatic carbocycles. The van der Waals surface area contributed by atoms with Crippen molar-refractivity contribution in [1.82, 2.24) is 0 Å². The van der Waals surface area contributed by atoms with Crippen LogP contribution in [-0.2, 0) is 27.1 Å². The maximum Gasteiger partial charge on any atom is 0.252 e. The third-order valence-corrected chi connectivity index (χ3v) is 18.6. The van der Waals surface area contributed by atoms with Crippen molar-refractivity contribution < 1.29 is 0 Å². The molecule has 2 bridgehead atoms. The van der Waals surface area contributed by atoms with Crippen molar-refractivity contribution in [2.45, 2.75) is 135 Å². The number of para-hydroxylation sites is 1. The van der Waals surface area contributed by atoms with Gasteiger partial charge in [-0.05, 0) is 152 Å². The number of fused-ring (bicyclic) bond motifs is 12. The summed E-state index contributed by atoms with van der Waals surface area (Å²) in [5.41, 5.74) is 26.7. The summed E-state index contributed by atoms with van der Waals surface area (Å²) < 4.78 is 0. The molecule has 13 rings (SSSR count). The van der Waals surface area contributed by atoms with Crippen LogP contribution in [-0.4, -0.2) is 12.3 Å². The maximum atomic E-state index is 2.76. The first-order valence-electron chi connectivity index (χ1n) is 27.0. The van der Waals surface area contributed by atoms with Crippen LogP contribution in [0, 0.1) is 0 Å². The zero-order chi connectivity index (χ0) is 50.9. The zero-order valence-corrected chi connectivity index (χ0v) is 45.4. The van der Waals surface area contributed by atoms with E-state index < -0.39 is 0 Å². The van der Waals surface area contributed by atoms with E-state index in [0.29, 0.717) is 0 Å². The monoisotopic (exact) mass is 952 g/mol. The first-order chi connectivity index (χ1) is 34.6. The van der Waals surface area contributed by atoms with Gasteiger partial charge in [0.25, 0.3) is 6.71 Å². The Morgan fingerprint density at radius 1 is 0.411 bits per heavy atom. The second-order valence-electron chi connectivity index (χ2n) is 26.3. The molecule has 8 aromatic carbocycles. The minimum Gasteiger partial charge on any atom is -0.334 e. The van der Waals surface area contributed by atoms with Gasteiger partial charge in [0.2, 0.25) is 0 Å². The topological polar surface area (TPSA) is 9.72 Å². The van der Waals surface area contributed by atoms with Crippen LogP contribution >= 0.6 is 0 Å². The number of anilines is 8. The molecule has 0 radical (unpaired) electrons. The zero-order valence-electron chi connectivity index (χ0n) is 45.4. The Labute approximate surface area is 436 Å². The molecule has 0 N–H and O–H groups in total. The van der Waals surface area contributed by atoms with E-state index in [2.05, 4.69) is 269 Å². The highest BCUT2D eigenvalue weighted by molar-refractivity contribution is 7.00. The van der Waals surface area contributed by atoms with Crippen LogP contribution in [0.3, 0.4) is 0 Å². The number of hydrogen-bond donors (Lipinski definition) is 0. The molecule has 0 spiro atoms. The molecule has 1 saturated carbocycles. The molecule has 4 aliphatic heterocycles. The van der Waals surface area contributed by atoms with Gasteiger partial charge in [0.1, 0.15) is 0 Å². The summed E-state index contributed by atoms with van der Waals surface area (Å²) in [6.45, 7) is 31.1. The van der Waals surface area contributed by atoms with Gasteiger partial charge in [-0.15, -0.1) is 0 Å². The first-order valence-corrected chi connectivity index (χ1v) is 27.0.